The Morgan fingerprint density at radius 1 is 0.500 bits per heavy atom. The SMILES string of the molecule is O=C(C(=O)c1ccc2c(c1)-c1ccccc1-2)c1ccccc1. The lowest BCUT2D eigenvalue weighted by Gasteiger charge is -2.24. The van der Waals surface area contributed by atoms with E-state index in [4.69, 9.17) is 0 Å². The van der Waals surface area contributed by atoms with Gasteiger partial charge in [0.2, 0.25) is 11.6 Å². The van der Waals surface area contributed by atoms with Crippen LogP contribution in [0.25, 0.3) is 22.3 Å². The number of hydrogen-bond donors (Lipinski definition) is 0. The van der Waals surface area contributed by atoms with Crippen molar-refractivity contribution in [2.45, 2.75) is 0 Å². The molecule has 0 amide bonds. The van der Waals surface area contributed by atoms with Crippen molar-refractivity contribution in [2.24, 2.45) is 0 Å². The van der Waals surface area contributed by atoms with Gasteiger partial charge in [-0.05, 0) is 28.3 Å². The van der Waals surface area contributed by atoms with E-state index in [1.54, 1.807) is 30.3 Å². The Labute approximate surface area is 128 Å². The van der Waals surface area contributed by atoms with Crippen molar-refractivity contribution < 1.29 is 9.59 Å². The Bertz CT molecular complexity index is 908. The molecule has 4 rings (SSSR count). The van der Waals surface area contributed by atoms with Gasteiger partial charge in [-0.2, -0.15) is 0 Å². The molecule has 2 heteroatoms. The summed E-state index contributed by atoms with van der Waals surface area (Å²) in [6, 6.07) is 22.2. The van der Waals surface area contributed by atoms with Crippen LogP contribution >= 0.6 is 0 Å². The van der Waals surface area contributed by atoms with E-state index < -0.39 is 11.6 Å². The predicted molar refractivity (Wildman–Crippen MR) is 86.0 cm³/mol. The zero-order chi connectivity index (χ0) is 15.1. The largest absolute Gasteiger partial charge is 0.285 e. The van der Waals surface area contributed by atoms with Gasteiger partial charge in [-0.3, -0.25) is 9.59 Å². The van der Waals surface area contributed by atoms with Crippen LogP contribution in [0.1, 0.15) is 20.7 Å². The van der Waals surface area contributed by atoms with Gasteiger partial charge in [0.05, 0.1) is 0 Å². The molecule has 0 saturated carbocycles. The Balaban J connectivity index is 1.69. The minimum absolute atomic E-state index is 0.426. The Kier molecular flexibility index (Phi) is 2.76. The lowest BCUT2D eigenvalue weighted by atomic mass is 9.79. The van der Waals surface area contributed by atoms with Crippen molar-refractivity contribution in [2.75, 3.05) is 0 Å². The van der Waals surface area contributed by atoms with Crippen LogP contribution in [0.5, 0.6) is 0 Å². The number of ketones is 2. The van der Waals surface area contributed by atoms with Crippen LogP contribution in [0.2, 0.25) is 0 Å². The molecule has 104 valence electrons. The first kappa shape index (κ1) is 12.7. The van der Waals surface area contributed by atoms with Crippen LogP contribution in [0.4, 0.5) is 0 Å². The summed E-state index contributed by atoms with van der Waals surface area (Å²) in [5.41, 5.74) is 5.39. The van der Waals surface area contributed by atoms with Gasteiger partial charge in [-0.15, -0.1) is 0 Å². The topological polar surface area (TPSA) is 34.1 Å². The third kappa shape index (κ3) is 1.81. The summed E-state index contributed by atoms with van der Waals surface area (Å²) in [5, 5.41) is 0. The number of hydrogen-bond acceptors (Lipinski definition) is 2. The Morgan fingerprint density at radius 2 is 1.05 bits per heavy atom. The number of Topliss-reactive ketones (excluding diaryl/α,β-unsaturated/α-hetero) is 2. The van der Waals surface area contributed by atoms with Crippen LogP contribution in [0, 0.1) is 0 Å². The average molecular weight is 284 g/mol. The fourth-order valence-corrected chi connectivity index (χ4v) is 2.89. The number of benzene rings is 3. The molecule has 22 heavy (non-hydrogen) atoms. The second kappa shape index (κ2) is 4.78. The van der Waals surface area contributed by atoms with Gasteiger partial charge in [0.25, 0.3) is 0 Å². The summed E-state index contributed by atoms with van der Waals surface area (Å²) in [4.78, 5) is 24.7. The van der Waals surface area contributed by atoms with Crippen molar-refractivity contribution in [1.82, 2.24) is 0 Å². The lowest BCUT2D eigenvalue weighted by Crippen LogP contribution is -2.15. The van der Waals surface area contributed by atoms with Crippen molar-refractivity contribution >= 4 is 11.6 Å². The maximum atomic E-state index is 12.4. The molecule has 0 unspecified atom stereocenters. The first-order valence-corrected chi connectivity index (χ1v) is 7.13. The first-order valence-electron chi connectivity index (χ1n) is 7.13. The molecule has 0 saturated heterocycles. The smallest absolute Gasteiger partial charge is 0.233 e. The molecule has 0 bridgehead atoms. The molecule has 3 aromatic rings. The number of carbonyl (C=O) groups is 2. The molecule has 0 N–H and O–H groups in total. The molecule has 1 aliphatic carbocycles. The summed E-state index contributed by atoms with van der Waals surface area (Å²) in [6.45, 7) is 0. The second-order valence-corrected chi connectivity index (χ2v) is 5.33. The van der Waals surface area contributed by atoms with Gasteiger partial charge in [-0.25, -0.2) is 0 Å². The summed E-state index contributed by atoms with van der Waals surface area (Å²) in [7, 11) is 0. The van der Waals surface area contributed by atoms with E-state index in [-0.39, 0.29) is 0 Å². The Hall–Kier alpha value is -3.00. The minimum atomic E-state index is -0.465. The molecule has 0 heterocycles. The van der Waals surface area contributed by atoms with Gasteiger partial charge in [0.15, 0.2) is 0 Å². The van der Waals surface area contributed by atoms with E-state index in [0.717, 1.165) is 16.7 Å². The molecule has 0 spiro atoms. The number of fused-ring (bicyclic) bond motifs is 4. The summed E-state index contributed by atoms with van der Waals surface area (Å²) in [6.07, 6.45) is 0. The van der Waals surface area contributed by atoms with Crippen LogP contribution < -0.4 is 0 Å². The summed E-state index contributed by atoms with van der Waals surface area (Å²) in [5.74, 6) is -0.925. The van der Waals surface area contributed by atoms with E-state index in [2.05, 4.69) is 6.07 Å². The lowest BCUT2D eigenvalue weighted by molar-refractivity contribution is 0.0817. The fourth-order valence-electron chi connectivity index (χ4n) is 2.89. The van der Waals surface area contributed by atoms with E-state index in [1.165, 1.54) is 5.56 Å². The molecular formula is C20H12O2. The molecule has 0 radical (unpaired) electrons. The summed E-state index contributed by atoms with van der Waals surface area (Å²) < 4.78 is 0. The molecule has 0 aliphatic heterocycles. The van der Waals surface area contributed by atoms with Gasteiger partial charge in [0, 0.05) is 11.1 Å². The highest BCUT2D eigenvalue weighted by molar-refractivity contribution is 6.49. The molecule has 0 atom stereocenters. The quantitative estimate of drug-likeness (QED) is 0.413. The van der Waals surface area contributed by atoms with Crippen molar-refractivity contribution in [1.29, 1.82) is 0 Å². The zero-order valence-electron chi connectivity index (χ0n) is 11.7. The standard InChI is InChI=1S/C20H12O2/c21-19(13-6-2-1-3-7-13)20(22)14-10-11-17-15-8-4-5-9-16(15)18(17)12-14/h1-12H. The number of carbonyl (C=O) groups excluding carboxylic acids is 2. The predicted octanol–water partition coefficient (Wildman–Crippen LogP) is 4.40. The highest BCUT2D eigenvalue weighted by atomic mass is 16.2. The minimum Gasteiger partial charge on any atom is -0.285 e. The van der Waals surface area contributed by atoms with Crippen LogP contribution in [0.15, 0.2) is 72.8 Å². The highest BCUT2D eigenvalue weighted by Crippen LogP contribution is 2.47. The van der Waals surface area contributed by atoms with Crippen molar-refractivity contribution in [3.8, 4) is 22.3 Å². The highest BCUT2D eigenvalue weighted by Gasteiger charge is 2.25. The third-order valence-electron chi connectivity index (χ3n) is 4.03. The molecule has 0 aromatic heterocycles. The zero-order valence-corrected chi connectivity index (χ0v) is 11.7. The normalized spacial score (nSPS) is 11.1. The maximum absolute atomic E-state index is 12.4. The van der Waals surface area contributed by atoms with Gasteiger partial charge in [0.1, 0.15) is 0 Å². The van der Waals surface area contributed by atoms with Crippen molar-refractivity contribution in [3.05, 3.63) is 83.9 Å². The van der Waals surface area contributed by atoms with Crippen LogP contribution in [0.3, 0.4) is 0 Å². The molecular weight excluding hydrogens is 272 g/mol. The van der Waals surface area contributed by atoms with E-state index in [0.29, 0.717) is 11.1 Å². The van der Waals surface area contributed by atoms with Crippen molar-refractivity contribution in [3.63, 3.8) is 0 Å². The van der Waals surface area contributed by atoms with Crippen LogP contribution in [-0.2, 0) is 0 Å². The van der Waals surface area contributed by atoms with Crippen LogP contribution in [-0.4, -0.2) is 11.6 Å². The molecule has 1 aliphatic rings. The van der Waals surface area contributed by atoms with Gasteiger partial charge < -0.3 is 0 Å². The number of rotatable bonds is 3. The monoisotopic (exact) mass is 284 g/mol. The average Bonchev–Trinajstić information content (AvgIpc) is 2.58. The van der Waals surface area contributed by atoms with E-state index in [9.17, 15) is 9.59 Å². The molecule has 3 aromatic carbocycles. The first-order chi connectivity index (χ1) is 10.8. The maximum Gasteiger partial charge on any atom is 0.233 e. The van der Waals surface area contributed by atoms with Gasteiger partial charge >= 0.3 is 0 Å². The third-order valence-corrected chi connectivity index (χ3v) is 4.03. The van der Waals surface area contributed by atoms with E-state index >= 15 is 0 Å². The summed E-state index contributed by atoms with van der Waals surface area (Å²) >= 11 is 0. The van der Waals surface area contributed by atoms with E-state index in [1.807, 2.05) is 36.4 Å². The fraction of sp³-hybridized carbons (Fsp3) is 0. The Morgan fingerprint density at radius 3 is 1.77 bits per heavy atom. The second-order valence-electron chi connectivity index (χ2n) is 5.33. The molecule has 2 nitrogen and oxygen atoms in total. The van der Waals surface area contributed by atoms with Gasteiger partial charge in [-0.1, -0.05) is 66.7 Å². The molecule has 0 fully saturated rings.